The summed E-state index contributed by atoms with van der Waals surface area (Å²) >= 11 is 0. The monoisotopic (exact) mass is 193 g/mol. The fourth-order valence-electron chi connectivity index (χ4n) is 1.01. The summed E-state index contributed by atoms with van der Waals surface area (Å²) in [5, 5.41) is 8.04. The molecule has 2 N–H and O–H groups in total. The van der Waals surface area contributed by atoms with Crippen LogP contribution in [-0.2, 0) is 6.18 Å². The Morgan fingerprint density at radius 3 is 2.62 bits per heavy atom. The average molecular weight is 193 g/mol. The van der Waals surface area contributed by atoms with Gasteiger partial charge in [-0.15, -0.1) is 0 Å². The SMILES string of the molecule is CNC(C)c1cn[nH]c1C(F)(F)F. The van der Waals surface area contributed by atoms with Crippen molar-refractivity contribution in [2.75, 3.05) is 7.05 Å². The molecule has 0 radical (unpaired) electrons. The van der Waals surface area contributed by atoms with Crippen LogP contribution in [0.2, 0.25) is 0 Å². The lowest BCUT2D eigenvalue weighted by molar-refractivity contribution is -0.142. The first-order chi connectivity index (χ1) is 5.96. The van der Waals surface area contributed by atoms with Gasteiger partial charge >= 0.3 is 6.18 Å². The molecule has 0 fully saturated rings. The molecule has 0 aliphatic carbocycles. The molecule has 0 spiro atoms. The number of H-pyrrole nitrogens is 1. The first kappa shape index (κ1) is 10.0. The fraction of sp³-hybridized carbons (Fsp3) is 0.571. The quantitative estimate of drug-likeness (QED) is 0.750. The van der Waals surface area contributed by atoms with Crippen LogP contribution in [0.1, 0.15) is 24.2 Å². The van der Waals surface area contributed by atoms with Crippen molar-refractivity contribution in [1.29, 1.82) is 0 Å². The van der Waals surface area contributed by atoms with Gasteiger partial charge in [0.05, 0.1) is 6.20 Å². The summed E-state index contributed by atoms with van der Waals surface area (Å²) < 4.78 is 36.8. The minimum atomic E-state index is -4.36. The van der Waals surface area contributed by atoms with Gasteiger partial charge in [-0.2, -0.15) is 18.3 Å². The number of halogens is 3. The number of hydrogen-bond donors (Lipinski definition) is 2. The van der Waals surface area contributed by atoms with Gasteiger partial charge in [0.25, 0.3) is 0 Å². The second kappa shape index (κ2) is 3.37. The van der Waals surface area contributed by atoms with E-state index in [2.05, 4.69) is 10.4 Å². The number of nitrogens with zero attached hydrogens (tertiary/aromatic N) is 1. The van der Waals surface area contributed by atoms with Crippen LogP contribution in [0.4, 0.5) is 13.2 Å². The van der Waals surface area contributed by atoms with Crippen LogP contribution >= 0.6 is 0 Å². The Morgan fingerprint density at radius 2 is 2.15 bits per heavy atom. The Labute approximate surface area is 73.3 Å². The van der Waals surface area contributed by atoms with Crippen LogP contribution in [0.3, 0.4) is 0 Å². The third-order valence-corrected chi connectivity index (χ3v) is 1.85. The zero-order chi connectivity index (χ0) is 10.1. The van der Waals surface area contributed by atoms with E-state index >= 15 is 0 Å². The second-order valence-electron chi connectivity index (χ2n) is 2.71. The van der Waals surface area contributed by atoms with Gasteiger partial charge in [0.15, 0.2) is 0 Å². The van der Waals surface area contributed by atoms with Crippen molar-refractivity contribution in [3.63, 3.8) is 0 Å². The second-order valence-corrected chi connectivity index (χ2v) is 2.71. The first-order valence-corrected chi connectivity index (χ1v) is 3.74. The summed E-state index contributed by atoms with van der Waals surface area (Å²) in [5.74, 6) is 0. The highest BCUT2D eigenvalue weighted by molar-refractivity contribution is 5.22. The predicted molar refractivity (Wildman–Crippen MR) is 41.1 cm³/mol. The lowest BCUT2D eigenvalue weighted by atomic mass is 10.1. The summed E-state index contributed by atoms with van der Waals surface area (Å²) in [5.41, 5.74) is -0.649. The molecule has 0 amide bonds. The molecule has 13 heavy (non-hydrogen) atoms. The standard InChI is InChI=1S/C7H10F3N3/c1-4(11-2)5-3-12-13-6(5)7(8,9)10/h3-4,11H,1-2H3,(H,12,13). The van der Waals surface area contributed by atoms with E-state index in [1.807, 2.05) is 5.10 Å². The molecule has 0 bridgehead atoms. The van der Waals surface area contributed by atoms with Crippen LogP contribution in [0.5, 0.6) is 0 Å². The number of alkyl halides is 3. The maximum atomic E-state index is 12.3. The zero-order valence-electron chi connectivity index (χ0n) is 7.24. The molecule has 1 heterocycles. The fourth-order valence-corrected chi connectivity index (χ4v) is 1.01. The van der Waals surface area contributed by atoms with Gasteiger partial charge in [0.2, 0.25) is 0 Å². The molecule has 6 heteroatoms. The van der Waals surface area contributed by atoms with Crippen molar-refractivity contribution in [2.45, 2.75) is 19.1 Å². The van der Waals surface area contributed by atoms with Crippen LogP contribution in [0.25, 0.3) is 0 Å². The van der Waals surface area contributed by atoms with E-state index in [1.54, 1.807) is 14.0 Å². The molecule has 1 rings (SSSR count). The first-order valence-electron chi connectivity index (χ1n) is 3.74. The van der Waals surface area contributed by atoms with Crippen molar-refractivity contribution in [3.05, 3.63) is 17.5 Å². The van der Waals surface area contributed by atoms with E-state index in [1.165, 1.54) is 6.20 Å². The van der Waals surface area contributed by atoms with E-state index < -0.39 is 11.9 Å². The highest BCUT2D eigenvalue weighted by atomic mass is 19.4. The smallest absolute Gasteiger partial charge is 0.313 e. The maximum Gasteiger partial charge on any atom is 0.433 e. The summed E-state index contributed by atoms with van der Waals surface area (Å²) in [6.07, 6.45) is -3.18. The zero-order valence-corrected chi connectivity index (χ0v) is 7.24. The molecule has 74 valence electrons. The van der Waals surface area contributed by atoms with E-state index in [4.69, 9.17) is 0 Å². The number of aromatic amines is 1. The van der Waals surface area contributed by atoms with Gasteiger partial charge < -0.3 is 5.32 Å². The molecule has 1 aromatic rings. The lowest BCUT2D eigenvalue weighted by Gasteiger charge is -2.12. The van der Waals surface area contributed by atoms with Crippen molar-refractivity contribution in [2.24, 2.45) is 0 Å². The Balaban J connectivity index is 3.03. The van der Waals surface area contributed by atoms with Crippen LogP contribution in [0.15, 0.2) is 6.20 Å². The van der Waals surface area contributed by atoms with Crippen LogP contribution < -0.4 is 5.32 Å². The van der Waals surface area contributed by atoms with E-state index in [0.29, 0.717) is 0 Å². The van der Waals surface area contributed by atoms with Crippen molar-refractivity contribution >= 4 is 0 Å². The Kier molecular flexibility index (Phi) is 2.60. The third kappa shape index (κ3) is 2.00. The number of nitrogens with one attached hydrogen (secondary N) is 2. The molecule has 1 unspecified atom stereocenters. The average Bonchev–Trinajstić information content (AvgIpc) is 2.49. The van der Waals surface area contributed by atoms with Gasteiger partial charge in [-0.1, -0.05) is 0 Å². The molecule has 1 aromatic heterocycles. The molecule has 0 saturated heterocycles. The van der Waals surface area contributed by atoms with Crippen LogP contribution in [0, 0.1) is 0 Å². The molecular formula is C7H10F3N3. The summed E-state index contributed by atoms with van der Waals surface area (Å²) in [6, 6.07) is -0.365. The number of hydrogen-bond acceptors (Lipinski definition) is 2. The molecule has 0 aromatic carbocycles. The molecule has 0 aliphatic rings. The maximum absolute atomic E-state index is 12.3. The van der Waals surface area contributed by atoms with Gasteiger partial charge in [0.1, 0.15) is 5.69 Å². The predicted octanol–water partition coefficient (Wildman–Crippen LogP) is 1.71. The largest absolute Gasteiger partial charge is 0.433 e. The van der Waals surface area contributed by atoms with Gasteiger partial charge in [-0.25, -0.2) is 0 Å². The molecule has 0 aliphatic heterocycles. The summed E-state index contributed by atoms with van der Waals surface area (Å²) in [7, 11) is 1.60. The molecular weight excluding hydrogens is 183 g/mol. The van der Waals surface area contributed by atoms with E-state index in [9.17, 15) is 13.2 Å². The van der Waals surface area contributed by atoms with Crippen LogP contribution in [-0.4, -0.2) is 17.2 Å². The summed E-state index contributed by atoms with van der Waals surface area (Å²) in [4.78, 5) is 0. The Morgan fingerprint density at radius 1 is 1.54 bits per heavy atom. The Hall–Kier alpha value is -1.04. The van der Waals surface area contributed by atoms with Crippen molar-refractivity contribution in [3.8, 4) is 0 Å². The normalized spacial score (nSPS) is 14.5. The van der Waals surface area contributed by atoms with Gasteiger partial charge in [0, 0.05) is 11.6 Å². The highest BCUT2D eigenvalue weighted by Gasteiger charge is 2.36. The van der Waals surface area contributed by atoms with Gasteiger partial charge in [-0.05, 0) is 14.0 Å². The molecule has 1 atom stereocenters. The third-order valence-electron chi connectivity index (χ3n) is 1.85. The number of rotatable bonds is 2. The summed E-state index contributed by atoms with van der Waals surface area (Å²) in [6.45, 7) is 1.64. The molecule has 0 saturated carbocycles. The Bertz CT molecular complexity index is 279. The van der Waals surface area contributed by atoms with E-state index in [0.717, 1.165) is 0 Å². The highest BCUT2D eigenvalue weighted by Crippen LogP contribution is 2.32. The minimum absolute atomic E-state index is 0.134. The topological polar surface area (TPSA) is 40.7 Å². The van der Waals surface area contributed by atoms with E-state index in [-0.39, 0.29) is 11.6 Å². The van der Waals surface area contributed by atoms with Crippen molar-refractivity contribution in [1.82, 2.24) is 15.5 Å². The lowest BCUT2D eigenvalue weighted by Crippen LogP contribution is -2.17. The molecule has 3 nitrogen and oxygen atoms in total. The minimum Gasteiger partial charge on any atom is -0.313 e. The van der Waals surface area contributed by atoms with Gasteiger partial charge in [-0.3, -0.25) is 5.10 Å². The van der Waals surface area contributed by atoms with Crippen molar-refractivity contribution < 1.29 is 13.2 Å². The number of aromatic nitrogens is 2.